The molecule has 0 saturated carbocycles. The van der Waals surface area contributed by atoms with Crippen LogP contribution in [-0.4, -0.2) is 62.8 Å². The summed E-state index contributed by atoms with van der Waals surface area (Å²) in [5.74, 6) is -1.09. The molecule has 0 spiro atoms. The molecular formula is C29H34Cl2N4O5S2. The highest BCUT2D eigenvalue weighted by Crippen LogP contribution is 2.27. The molecular weight excluding hydrogens is 619 g/mol. The van der Waals surface area contributed by atoms with Crippen molar-refractivity contribution in [2.75, 3.05) is 19.6 Å². The summed E-state index contributed by atoms with van der Waals surface area (Å²) in [5, 5.41) is 7.03. The summed E-state index contributed by atoms with van der Waals surface area (Å²) in [6, 6.07) is 12.4. The van der Waals surface area contributed by atoms with E-state index >= 15 is 0 Å². The van der Waals surface area contributed by atoms with Crippen molar-refractivity contribution in [1.29, 1.82) is 0 Å². The number of piperidine rings is 1. The summed E-state index contributed by atoms with van der Waals surface area (Å²) in [6.45, 7) is 5.77. The molecule has 1 unspecified atom stereocenters. The molecule has 2 atom stereocenters. The van der Waals surface area contributed by atoms with Crippen molar-refractivity contribution in [1.82, 2.24) is 20.3 Å². The zero-order valence-electron chi connectivity index (χ0n) is 23.6. The first-order valence-electron chi connectivity index (χ1n) is 13.6. The highest BCUT2D eigenvalue weighted by molar-refractivity contribution is 7.89. The Morgan fingerprint density at radius 3 is 2.50 bits per heavy atom. The smallest absolute Gasteiger partial charge is 0.262 e. The Balaban J connectivity index is 1.38. The predicted molar refractivity (Wildman–Crippen MR) is 167 cm³/mol. The zero-order chi connectivity index (χ0) is 30.7. The third-order valence-electron chi connectivity index (χ3n) is 7.11. The molecule has 0 aliphatic carbocycles. The van der Waals surface area contributed by atoms with Crippen molar-refractivity contribution in [2.45, 2.75) is 57.0 Å². The van der Waals surface area contributed by atoms with Gasteiger partial charge in [-0.05, 0) is 60.4 Å². The predicted octanol–water partition coefficient (Wildman–Crippen LogP) is 4.83. The lowest BCUT2D eigenvalue weighted by atomic mass is 9.86. The zero-order valence-corrected chi connectivity index (χ0v) is 26.7. The molecule has 1 aromatic heterocycles. The molecule has 1 aliphatic rings. The SMILES string of the molecule is CC(C)(C)C(NC(=O)c1cc2ccccc2s1)C(=O)NC[C@@H]1CCCCN1C(=O)CNS(=O)(=O)c1ccc(Cl)cc1Cl. The van der Waals surface area contributed by atoms with Crippen LogP contribution in [0.4, 0.5) is 0 Å². The number of nitrogens with one attached hydrogen (secondary N) is 3. The first-order valence-corrected chi connectivity index (χ1v) is 16.6. The van der Waals surface area contributed by atoms with E-state index < -0.39 is 33.9 Å². The molecule has 1 aliphatic heterocycles. The number of halogens is 2. The number of carbonyl (C=O) groups excluding carboxylic acids is 3. The van der Waals surface area contributed by atoms with Gasteiger partial charge in [0, 0.05) is 28.9 Å². The van der Waals surface area contributed by atoms with Gasteiger partial charge in [-0.25, -0.2) is 13.1 Å². The highest BCUT2D eigenvalue weighted by Gasteiger charge is 2.35. The van der Waals surface area contributed by atoms with E-state index in [0.717, 1.165) is 22.9 Å². The molecule has 0 bridgehead atoms. The van der Waals surface area contributed by atoms with E-state index in [4.69, 9.17) is 23.2 Å². The van der Waals surface area contributed by atoms with Gasteiger partial charge in [-0.3, -0.25) is 14.4 Å². The van der Waals surface area contributed by atoms with Crippen molar-refractivity contribution >= 4 is 72.4 Å². The number of rotatable bonds is 9. The number of carbonyl (C=O) groups is 3. The number of hydrogen-bond donors (Lipinski definition) is 3. The van der Waals surface area contributed by atoms with Crippen LogP contribution >= 0.6 is 34.5 Å². The lowest BCUT2D eigenvalue weighted by molar-refractivity contribution is -0.134. The summed E-state index contributed by atoms with van der Waals surface area (Å²) < 4.78 is 28.8. The van der Waals surface area contributed by atoms with Crippen molar-refractivity contribution in [2.24, 2.45) is 5.41 Å². The fourth-order valence-corrected chi connectivity index (χ4v) is 7.57. The molecule has 0 radical (unpaired) electrons. The Morgan fingerprint density at radius 2 is 1.81 bits per heavy atom. The van der Waals surface area contributed by atoms with E-state index in [0.29, 0.717) is 22.9 Å². The maximum atomic E-state index is 13.4. The summed E-state index contributed by atoms with van der Waals surface area (Å²) in [6.07, 6.45) is 2.28. The highest BCUT2D eigenvalue weighted by atomic mass is 35.5. The summed E-state index contributed by atoms with van der Waals surface area (Å²) in [4.78, 5) is 41.5. The van der Waals surface area contributed by atoms with E-state index in [2.05, 4.69) is 15.4 Å². The quantitative estimate of drug-likeness (QED) is 0.305. The van der Waals surface area contributed by atoms with E-state index in [-0.39, 0.29) is 34.3 Å². The number of hydrogen-bond acceptors (Lipinski definition) is 6. The van der Waals surface area contributed by atoms with Crippen LogP contribution in [0.25, 0.3) is 10.1 Å². The molecule has 226 valence electrons. The number of fused-ring (bicyclic) bond motifs is 1. The van der Waals surface area contributed by atoms with Crippen LogP contribution in [0.1, 0.15) is 49.7 Å². The molecule has 1 saturated heterocycles. The van der Waals surface area contributed by atoms with Crippen LogP contribution in [-0.2, 0) is 19.6 Å². The molecule has 1 fully saturated rings. The second-order valence-electron chi connectivity index (χ2n) is 11.3. The number of amides is 3. The molecule has 2 aromatic carbocycles. The van der Waals surface area contributed by atoms with Gasteiger partial charge in [0.1, 0.15) is 10.9 Å². The number of benzene rings is 2. The lowest BCUT2D eigenvalue weighted by Gasteiger charge is -2.37. The maximum Gasteiger partial charge on any atom is 0.262 e. The van der Waals surface area contributed by atoms with Gasteiger partial charge >= 0.3 is 0 Å². The average molecular weight is 654 g/mol. The van der Waals surface area contributed by atoms with Gasteiger partial charge in [0.15, 0.2) is 0 Å². The van der Waals surface area contributed by atoms with Crippen LogP contribution < -0.4 is 15.4 Å². The third kappa shape index (κ3) is 7.82. The summed E-state index contributed by atoms with van der Waals surface area (Å²) >= 11 is 13.3. The van der Waals surface area contributed by atoms with Crippen LogP contribution in [0, 0.1) is 5.41 Å². The standard InChI is InChI=1S/C29H34Cl2N4O5S2/c1-29(2,3)26(34-27(37)23-14-18-8-4-5-10-22(18)41-23)28(38)32-16-20-9-6-7-13-35(20)25(36)17-33-42(39,40)24-12-11-19(30)15-21(24)31/h4-5,8,10-12,14-15,20,26,33H,6-7,9,13,16-17H2,1-3H3,(H,32,38)(H,34,37)/t20-,26?/m0/s1. The van der Waals surface area contributed by atoms with E-state index in [9.17, 15) is 22.8 Å². The van der Waals surface area contributed by atoms with Gasteiger partial charge < -0.3 is 15.5 Å². The van der Waals surface area contributed by atoms with Gasteiger partial charge in [-0.15, -0.1) is 11.3 Å². The minimum atomic E-state index is -4.05. The number of likely N-dealkylation sites (tertiary alicyclic amines) is 1. The largest absolute Gasteiger partial charge is 0.352 e. The summed E-state index contributed by atoms with van der Waals surface area (Å²) in [5.41, 5.74) is -0.584. The molecule has 3 amide bonds. The van der Waals surface area contributed by atoms with E-state index in [1.165, 1.54) is 29.5 Å². The fourth-order valence-electron chi connectivity index (χ4n) is 4.86. The normalized spacial score (nSPS) is 16.7. The van der Waals surface area contributed by atoms with Crippen LogP contribution in [0.3, 0.4) is 0 Å². The Kier molecular flexibility index (Phi) is 10.2. The Labute approximate surface area is 260 Å². The van der Waals surface area contributed by atoms with Gasteiger partial charge in [-0.1, -0.05) is 62.2 Å². The molecule has 13 heteroatoms. The van der Waals surface area contributed by atoms with Crippen molar-refractivity contribution in [3.63, 3.8) is 0 Å². The van der Waals surface area contributed by atoms with E-state index in [1.807, 2.05) is 51.1 Å². The first kappa shape index (κ1) is 32.2. The van der Waals surface area contributed by atoms with Crippen molar-refractivity contribution in [3.8, 4) is 0 Å². The number of sulfonamides is 1. The molecule has 9 nitrogen and oxygen atoms in total. The average Bonchev–Trinajstić information content (AvgIpc) is 3.37. The number of thiophene rings is 1. The fraction of sp³-hybridized carbons (Fsp3) is 0.414. The Hall–Kier alpha value is -2.70. The summed E-state index contributed by atoms with van der Waals surface area (Å²) in [7, 11) is -4.05. The number of nitrogens with zero attached hydrogens (tertiary/aromatic N) is 1. The minimum Gasteiger partial charge on any atom is -0.352 e. The Bertz CT molecular complexity index is 1550. The van der Waals surface area contributed by atoms with Crippen LogP contribution in [0.2, 0.25) is 10.0 Å². The first-order chi connectivity index (χ1) is 19.8. The molecule has 4 rings (SSSR count). The Morgan fingerprint density at radius 1 is 1.07 bits per heavy atom. The molecule has 42 heavy (non-hydrogen) atoms. The van der Waals surface area contributed by atoms with Crippen molar-refractivity contribution in [3.05, 3.63) is 63.5 Å². The molecule has 3 N–H and O–H groups in total. The van der Waals surface area contributed by atoms with Crippen LogP contribution in [0.5, 0.6) is 0 Å². The van der Waals surface area contributed by atoms with Gasteiger partial charge in [0.05, 0.1) is 16.4 Å². The second kappa shape index (κ2) is 13.3. The monoisotopic (exact) mass is 652 g/mol. The van der Waals surface area contributed by atoms with E-state index in [1.54, 1.807) is 4.90 Å². The lowest BCUT2D eigenvalue weighted by Crippen LogP contribution is -2.57. The molecule has 3 aromatic rings. The minimum absolute atomic E-state index is 0.0474. The molecule has 2 heterocycles. The van der Waals surface area contributed by atoms with Crippen LogP contribution in [0.15, 0.2) is 53.4 Å². The van der Waals surface area contributed by atoms with Gasteiger partial charge in [0.2, 0.25) is 21.8 Å². The topological polar surface area (TPSA) is 125 Å². The van der Waals surface area contributed by atoms with Gasteiger partial charge in [-0.2, -0.15) is 0 Å². The third-order valence-corrected chi connectivity index (χ3v) is 10.3. The maximum absolute atomic E-state index is 13.4. The second-order valence-corrected chi connectivity index (χ2v) is 15.0. The van der Waals surface area contributed by atoms with Gasteiger partial charge in [0.25, 0.3) is 5.91 Å². The van der Waals surface area contributed by atoms with Crippen molar-refractivity contribution < 1.29 is 22.8 Å².